The molecule has 6 heteroatoms. The molecule has 0 saturated carbocycles. The number of fused-ring (bicyclic) bond motifs is 1. The summed E-state index contributed by atoms with van der Waals surface area (Å²) >= 11 is 2.83. The number of thiophene rings is 1. The minimum Gasteiger partial charge on any atom is -0.348 e. The summed E-state index contributed by atoms with van der Waals surface area (Å²) in [5.74, 6) is 0.382. The van der Waals surface area contributed by atoms with Crippen molar-refractivity contribution in [1.29, 1.82) is 0 Å². The summed E-state index contributed by atoms with van der Waals surface area (Å²) in [6.07, 6.45) is 0. The van der Waals surface area contributed by atoms with Crippen LogP contribution in [-0.4, -0.2) is 22.9 Å². The monoisotopic (exact) mass is 306 g/mol. The molecule has 104 valence electrons. The fourth-order valence-electron chi connectivity index (χ4n) is 2.25. The van der Waals surface area contributed by atoms with Gasteiger partial charge in [0.15, 0.2) is 0 Å². The topological polar surface area (TPSA) is 58.2 Å². The van der Waals surface area contributed by atoms with E-state index >= 15 is 0 Å². The third-order valence-electron chi connectivity index (χ3n) is 3.33. The first-order chi connectivity index (χ1) is 9.65. The Bertz CT molecular complexity index is 668. The molecule has 1 aliphatic heterocycles. The highest BCUT2D eigenvalue weighted by molar-refractivity contribution is 8.14. The lowest BCUT2D eigenvalue weighted by atomic mass is 10.1. The van der Waals surface area contributed by atoms with Gasteiger partial charge in [-0.2, -0.15) is 0 Å². The summed E-state index contributed by atoms with van der Waals surface area (Å²) < 4.78 is 1.22. The van der Waals surface area contributed by atoms with Crippen molar-refractivity contribution >= 4 is 44.3 Å². The molecule has 1 aliphatic rings. The second-order valence-corrected chi connectivity index (χ2v) is 6.62. The highest BCUT2D eigenvalue weighted by atomic mass is 32.2. The van der Waals surface area contributed by atoms with Crippen molar-refractivity contribution in [1.82, 2.24) is 10.6 Å². The van der Waals surface area contributed by atoms with Crippen molar-refractivity contribution in [3.05, 3.63) is 35.2 Å². The van der Waals surface area contributed by atoms with E-state index in [-0.39, 0.29) is 17.2 Å². The molecule has 0 aliphatic carbocycles. The zero-order valence-corrected chi connectivity index (χ0v) is 12.5. The summed E-state index contributed by atoms with van der Waals surface area (Å²) in [5.41, 5.74) is 1.12. The molecule has 4 nitrogen and oxygen atoms in total. The van der Waals surface area contributed by atoms with Gasteiger partial charge in [0.25, 0.3) is 5.24 Å². The first-order valence-electron chi connectivity index (χ1n) is 6.35. The largest absolute Gasteiger partial charge is 0.348 e. The Kier molecular flexibility index (Phi) is 3.67. The summed E-state index contributed by atoms with van der Waals surface area (Å²) in [7, 11) is 0. The molecular formula is C14H14N2O2S2. The summed E-state index contributed by atoms with van der Waals surface area (Å²) in [6.45, 7) is 1.97. The molecule has 0 radical (unpaired) electrons. The molecule has 0 bridgehead atoms. The Balaban J connectivity index is 1.74. The maximum Gasteiger partial charge on any atom is 0.279 e. The molecule has 1 aromatic carbocycles. The number of carbonyl (C=O) groups excluding carboxylic acids is 2. The maximum atomic E-state index is 12.1. The van der Waals surface area contributed by atoms with Gasteiger partial charge in [0.05, 0.1) is 6.04 Å². The minimum absolute atomic E-state index is 0.0684. The van der Waals surface area contributed by atoms with E-state index in [1.165, 1.54) is 10.1 Å². The van der Waals surface area contributed by atoms with Crippen LogP contribution in [0.2, 0.25) is 0 Å². The number of hydrogen-bond donors (Lipinski definition) is 2. The van der Waals surface area contributed by atoms with Crippen LogP contribution in [0, 0.1) is 0 Å². The van der Waals surface area contributed by atoms with Gasteiger partial charge >= 0.3 is 0 Å². The predicted molar refractivity (Wildman–Crippen MR) is 83.2 cm³/mol. The summed E-state index contributed by atoms with van der Waals surface area (Å²) in [5, 5.41) is 8.76. The molecule has 20 heavy (non-hydrogen) atoms. The van der Waals surface area contributed by atoms with Gasteiger partial charge in [-0.05, 0) is 29.3 Å². The van der Waals surface area contributed by atoms with Crippen LogP contribution >= 0.6 is 23.1 Å². The highest BCUT2D eigenvalue weighted by Crippen LogP contribution is 2.30. The molecule has 2 heterocycles. The van der Waals surface area contributed by atoms with E-state index in [4.69, 9.17) is 0 Å². The Morgan fingerprint density at radius 3 is 3.00 bits per heavy atom. The van der Waals surface area contributed by atoms with Gasteiger partial charge in [-0.25, -0.2) is 0 Å². The molecule has 1 aromatic heterocycles. The number of benzene rings is 1. The highest BCUT2D eigenvalue weighted by Gasteiger charge is 2.29. The van der Waals surface area contributed by atoms with Crippen LogP contribution in [0.15, 0.2) is 29.6 Å². The lowest BCUT2D eigenvalue weighted by Gasteiger charge is -2.16. The van der Waals surface area contributed by atoms with Crippen molar-refractivity contribution in [3.8, 4) is 0 Å². The van der Waals surface area contributed by atoms with Crippen molar-refractivity contribution in [2.75, 3.05) is 5.75 Å². The Morgan fingerprint density at radius 2 is 2.25 bits per heavy atom. The van der Waals surface area contributed by atoms with E-state index in [0.29, 0.717) is 5.75 Å². The molecule has 3 rings (SSSR count). The molecule has 0 unspecified atom stereocenters. The molecule has 2 atom stereocenters. The molecule has 1 fully saturated rings. The van der Waals surface area contributed by atoms with E-state index in [9.17, 15) is 9.59 Å². The number of hydrogen-bond acceptors (Lipinski definition) is 4. The number of rotatable bonds is 3. The molecule has 0 spiro atoms. The van der Waals surface area contributed by atoms with Gasteiger partial charge in [-0.1, -0.05) is 30.0 Å². The van der Waals surface area contributed by atoms with E-state index in [1.54, 1.807) is 11.3 Å². The van der Waals surface area contributed by atoms with Gasteiger partial charge in [0.1, 0.15) is 6.04 Å². The lowest BCUT2D eigenvalue weighted by molar-refractivity contribution is -0.122. The van der Waals surface area contributed by atoms with Gasteiger partial charge in [-0.15, -0.1) is 11.3 Å². The maximum absolute atomic E-state index is 12.1. The zero-order valence-electron chi connectivity index (χ0n) is 10.9. The van der Waals surface area contributed by atoms with Crippen molar-refractivity contribution in [3.63, 3.8) is 0 Å². The van der Waals surface area contributed by atoms with Gasteiger partial charge < -0.3 is 10.6 Å². The number of thioether (sulfide) groups is 1. The fraction of sp³-hybridized carbons (Fsp3) is 0.286. The molecule has 2 N–H and O–H groups in total. The molecule has 2 amide bonds. The standard InChI is InChI=1S/C14H14N2O2S2/c1-8(15-13(17)11-7-20-14(18)16-11)10-6-19-12-5-3-2-4-9(10)12/h2-6,8,11H,7H2,1H3,(H,15,17)(H,16,18)/t8-,11-/m1/s1. The number of carbonyl (C=O) groups is 2. The van der Waals surface area contributed by atoms with Crippen molar-refractivity contribution in [2.45, 2.75) is 19.0 Å². The van der Waals surface area contributed by atoms with Crippen LogP contribution in [0.25, 0.3) is 10.1 Å². The van der Waals surface area contributed by atoms with E-state index in [0.717, 1.165) is 17.3 Å². The third kappa shape index (κ3) is 2.53. The van der Waals surface area contributed by atoms with Crippen LogP contribution in [-0.2, 0) is 4.79 Å². The Morgan fingerprint density at radius 1 is 1.45 bits per heavy atom. The van der Waals surface area contributed by atoms with Crippen LogP contribution < -0.4 is 10.6 Å². The smallest absolute Gasteiger partial charge is 0.279 e. The molecule has 2 aromatic rings. The fourth-order valence-corrected chi connectivity index (χ4v) is 4.08. The summed E-state index contributed by atoms with van der Waals surface area (Å²) in [4.78, 5) is 23.2. The SMILES string of the molecule is C[C@@H](NC(=O)[C@H]1CSC(=O)N1)c1csc2ccccc12. The van der Waals surface area contributed by atoms with Crippen molar-refractivity contribution < 1.29 is 9.59 Å². The van der Waals surface area contributed by atoms with E-state index in [1.807, 2.05) is 19.1 Å². The second-order valence-electron chi connectivity index (χ2n) is 4.71. The van der Waals surface area contributed by atoms with Gasteiger partial charge in [-0.3, -0.25) is 9.59 Å². The normalized spacial score (nSPS) is 19.9. The van der Waals surface area contributed by atoms with Gasteiger partial charge in [0.2, 0.25) is 5.91 Å². The van der Waals surface area contributed by atoms with Gasteiger partial charge in [0, 0.05) is 10.5 Å². The van der Waals surface area contributed by atoms with Crippen molar-refractivity contribution in [2.24, 2.45) is 0 Å². The first kappa shape index (κ1) is 13.5. The Labute approximate surface area is 124 Å². The van der Waals surface area contributed by atoms with E-state index in [2.05, 4.69) is 28.1 Å². The lowest BCUT2D eigenvalue weighted by Crippen LogP contribution is -2.43. The van der Waals surface area contributed by atoms with E-state index < -0.39 is 6.04 Å². The molecular weight excluding hydrogens is 292 g/mol. The quantitative estimate of drug-likeness (QED) is 0.916. The minimum atomic E-state index is -0.417. The summed E-state index contributed by atoms with van der Waals surface area (Å²) in [6, 6.07) is 7.67. The number of nitrogens with one attached hydrogen (secondary N) is 2. The number of amides is 2. The Hall–Kier alpha value is -1.53. The van der Waals surface area contributed by atoms with Crippen LogP contribution in [0.5, 0.6) is 0 Å². The second kappa shape index (κ2) is 5.46. The molecule has 1 saturated heterocycles. The average Bonchev–Trinajstić information content (AvgIpc) is 3.04. The predicted octanol–water partition coefficient (Wildman–Crippen LogP) is 2.90. The first-order valence-corrected chi connectivity index (χ1v) is 8.21. The van der Waals surface area contributed by atoms with Crippen LogP contribution in [0.4, 0.5) is 4.79 Å². The zero-order chi connectivity index (χ0) is 14.1. The average molecular weight is 306 g/mol. The van der Waals surface area contributed by atoms with Crippen LogP contribution in [0.1, 0.15) is 18.5 Å². The third-order valence-corrected chi connectivity index (χ3v) is 5.19. The van der Waals surface area contributed by atoms with Crippen LogP contribution in [0.3, 0.4) is 0 Å².